The second kappa shape index (κ2) is 5.83. The van der Waals surface area contributed by atoms with E-state index in [1.165, 1.54) is 32.8 Å². The minimum absolute atomic E-state index is 0.237. The van der Waals surface area contributed by atoms with Crippen molar-refractivity contribution in [3.05, 3.63) is 0 Å². The molecule has 0 aromatic heterocycles. The first kappa shape index (κ1) is 12.8. The van der Waals surface area contributed by atoms with Gasteiger partial charge in [-0.05, 0) is 18.8 Å². The Morgan fingerprint density at radius 1 is 1.41 bits per heavy atom. The van der Waals surface area contributed by atoms with Crippen molar-refractivity contribution in [3.63, 3.8) is 0 Å². The fraction of sp³-hybridized carbons (Fsp3) is 0.923. The summed E-state index contributed by atoms with van der Waals surface area (Å²) in [5.41, 5.74) is 0. The van der Waals surface area contributed by atoms with Crippen LogP contribution in [0.4, 0.5) is 0 Å². The number of carbonyl (C=O) groups is 1. The second-order valence-electron chi connectivity index (χ2n) is 5.30. The van der Waals surface area contributed by atoms with Crippen molar-refractivity contribution in [2.45, 2.75) is 44.8 Å². The molecule has 2 aliphatic rings. The number of hydrogen-bond acceptors (Lipinski definition) is 4. The molecule has 1 aliphatic heterocycles. The van der Waals surface area contributed by atoms with Crippen LogP contribution in [0.15, 0.2) is 0 Å². The molecule has 0 amide bonds. The zero-order valence-corrected chi connectivity index (χ0v) is 10.9. The molecule has 1 saturated heterocycles. The maximum atomic E-state index is 11.5. The van der Waals surface area contributed by atoms with Crippen molar-refractivity contribution in [2.24, 2.45) is 5.92 Å². The zero-order chi connectivity index (χ0) is 12.3. The number of hydrogen-bond donors (Lipinski definition) is 0. The van der Waals surface area contributed by atoms with Gasteiger partial charge in [0.1, 0.15) is 0 Å². The van der Waals surface area contributed by atoms with E-state index in [0.717, 1.165) is 12.5 Å². The molecule has 2 rings (SSSR count). The Hall–Kier alpha value is -0.610. The average Bonchev–Trinajstić information content (AvgIpc) is 2.38. The molecule has 0 aromatic carbocycles. The lowest BCUT2D eigenvalue weighted by Gasteiger charge is -2.40. The van der Waals surface area contributed by atoms with Gasteiger partial charge in [0, 0.05) is 19.1 Å². The molecule has 3 unspecified atom stereocenters. The molecule has 0 radical (unpaired) electrons. The van der Waals surface area contributed by atoms with E-state index in [4.69, 9.17) is 9.47 Å². The van der Waals surface area contributed by atoms with Crippen LogP contribution < -0.4 is 0 Å². The van der Waals surface area contributed by atoms with Crippen LogP contribution in [0.5, 0.6) is 0 Å². The van der Waals surface area contributed by atoms with Gasteiger partial charge in [-0.3, -0.25) is 4.90 Å². The number of morpholine rings is 1. The number of methoxy groups -OCH3 is 1. The molecule has 1 saturated carbocycles. The summed E-state index contributed by atoms with van der Waals surface area (Å²) in [6.07, 6.45) is 4.80. The molecule has 4 heteroatoms. The summed E-state index contributed by atoms with van der Waals surface area (Å²) in [5.74, 6) is 0.576. The van der Waals surface area contributed by atoms with E-state index < -0.39 is 0 Å². The maximum absolute atomic E-state index is 11.5. The Bertz CT molecular complexity index is 269. The van der Waals surface area contributed by atoms with E-state index in [1.807, 2.05) is 0 Å². The average molecular weight is 241 g/mol. The molecule has 4 nitrogen and oxygen atoms in total. The minimum atomic E-state index is -0.383. The number of ether oxygens (including phenoxy) is 2. The van der Waals surface area contributed by atoms with Gasteiger partial charge in [-0.25, -0.2) is 4.79 Å². The van der Waals surface area contributed by atoms with Gasteiger partial charge in [-0.15, -0.1) is 0 Å². The third kappa shape index (κ3) is 3.19. The molecule has 3 atom stereocenters. The summed E-state index contributed by atoms with van der Waals surface area (Å²) in [4.78, 5) is 13.9. The summed E-state index contributed by atoms with van der Waals surface area (Å²) in [6.45, 7) is 4.62. The van der Waals surface area contributed by atoms with Gasteiger partial charge >= 0.3 is 5.97 Å². The molecule has 0 aromatic rings. The highest BCUT2D eigenvalue weighted by atomic mass is 16.6. The highest BCUT2D eigenvalue weighted by Gasteiger charge is 2.32. The van der Waals surface area contributed by atoms with E-state index in [2.05, 4.69) is 11.8 Å². The summed E-state index contributed by atoms with van der Waals surface area (Å²) in [5, 5.41) is 0. The van der Waals surface area contributed by atoms with Crippen molar-refractivity contribution >= 4 is 5.97 Å². The Morgan fingerprint density at radius 3 is 2.94 bits per heavy atom. The smallest absolute Gasteiger partial charge is 0.336 e. The van der Waals surface area contributed by atoms with Crippen LogP contribution in [0.3, 0.4) is 0 Å². The second-order valence-corrected chi connectivity index (χ2v) is 5.30. The first-order chi connectivity index (χ1) is 8.20. The molecular formula is C13H23NO3. The quantitative estimate of drug-likeness (QED) is 0.686. The first-order valence-electron chi connectivity index (χ1n) is 6.64. The molecule has 1 aliphatic carbocycles. The van der Waals surface area contributed by atoms with Crippen LogP contribution in [-0.4, -0.2) is 49.8 Å². The minimum Gasteiger partial charge on any atom is -0.467 e. The van der Waals surface area contributed by atoms with Gasteiger partial charge in [0.2, 0.25) is 0 Å². The topological polar surface area (TPSA) is 38.8 Å². The van der Waals surface area contributed by atoms with Gasteiger partial charge in [-0.2, -0.15) is 0 Å². The molecule has 17 heavy (non-hydrogen) atoms. The zero-order valence-electron chi connectivity index (χ0n) is 10.9. The van der Waals surface area contributed by atoms with Crippen molar-refractivity contribution in [1.29, 1.82) is 0 Å². The van der Waals surface area contributed by atoms with E-state index in [-0.39, 0.29) is 12.1 Å². The Labute approximate surface area is 103 Å². The number of esters is 1. The lowest BCUT2D eigenvalue weighted by atomic mass is 9.86. The van der Waals surface area contributed by atoms with Crippen molar-refractivity contribution < 1.29 is 14.3 Å². The predicted molar refractivity (Wildman–Crippen MR) is 64.7 cm³/mol. The number of rotatable bonds is 2. The molecule has 0 spiro atoms. The molecule has 98 valence electrons. The highest BCUT2D eigenvalue weighted by molar-refractivity contribution is 5.74. The van der Waals surface area contributed by atoms with Crippen LogP contribution in [0.25, 0.3) is 0 Å². The highest BCUT2D eigenvalue weighted by Crippen LogP contribution is 2.28. The van der Waals surface area contributed by atoms with E-state index in [0.29, 0.717) is 19.2 Å². The monoisotopic (exact) mass is 241 g/mol. The van der Waals surface area contributed by atoms with Gasteiger partial charge in [0.25, 0.3) is 0 Å². The SMILES string of the molecule is COC(=O)C1CN(C2CCCC(C)C2)CCO1. The van der Waals surface area contributed by atoms with Crippen LogP contribution >= 0.6 is 0 Å². The molecule has 0 N–H and O–H groups in total. The molecule has 1 heterocycles. The van der Waals surface area contributed by atoms with Crippen LogP contribution in [0.2, 0.25) is 0 Å². The normalized spacial score (nSPS) is 35.5. The van der Waals surface area contributed by atoms with Crippen molar-refractivity contribution in [2.75, 3.05) is 26.8 Å². The van der Waals surface area contributed by atoms with Crippen LogP contribution in [0, 0.1) is 5.92 Å². The van der Waals surface area contributed by atoms with Gasteiger partial charge < -0.3 is 9.47 Å². The summed E-state index contributed by atoms with van der Waals surface area (Å²) in [7, 11) is 1.42. The number of nitrogens with zero attached hydrogens (tertiary/aromatic N) is 1. The Kier molecular flexibility index (Phi) is 4.40. The predicted octanol–water partition coefficient (Wildman–Crippen LogP) is 1.44. The summed E-state index contributed by atoms with van der Waals surface area (Å²) < 4.78 is 10.2. The van der Waals surface area contributed by atoms with Crippen LogP contribution in [0.1, 0.15) is 32.6 Å². The number of carbonyl (C=O) groups excluding carboxylic acids is 1. The standard InChI is InChI=1S/C13H23NO3/c1-10-4-3-5-11(8-10)14-6-7-17-12(9-14)13(15)16-2/h10-12H,3-9H2,1-2H3. The molecule has 2 fully saturated rings. The fourth-order valence-corrected chi connectivity index (χ4v) is 3.01. The third-order valence-corrected chi connectivity index (χ3v) is 3.99. The van der Waals surface area contributed by atoms with Gasteiger partial charge in [0.05, 0.1) is 13.7 Å². The van der Waals surface area contributed by atoms with Crippen molar-refractivity contribution in [3.8, 4) is 0 Å². The lowest BCUT2D eigenvalue weighted by molar-refractivity contribution is -0.161. The van der Waals surface area contributed by atoms with E-state index in [1.54, 1.807) is 0 Å². The Balaban J connectivity index is 1.90. The maximum Gasteiger partial charge on any atom is 0.336 e. The lowest BCUT2D eigenvalue weighted by Crippen LogP contribution is -2.51. The summed E-state index contributed by atoms with van der Waals surface area (Å²) >= 11 is 0. The van der Waals surface area contributed by atoms with Crippen molar-refractivity contribution in [1.82, 2.24) is 4.90 Å². The molecular weight excluding hydrogens is 218 g/mol. The van der Waals surface area contributed by atoms with Gasteiger partial charge in [0.15, 0.2) is 6.10 Å². The van der Waals surface area contributed by atoms with Crippen LogP contribution in [-0.2, 0) is 14.3 Å². The van der Waals surface area contributed by atoms with Gasteiger partial charge in [-0.1, -0.05) is 19.8 Å². The third-order valence-electron chi connectivity index (χ3n) is 3.99. The Morgan fingerprint density at radius 2 is 2.24 bits per heavy atom. The molecule has 0 bridgehead atoms. The first-order valence-corrected chi connectivity index (χ1v) is 6.64. The largest absolute Gasteiger partial charge is 0.467 e. The van der Waals surface area contributed by atoms with E-state index in [9.17, 15) is 4.79 Å². The summed E-state index contributed by atoms with van der Waals surface area (Å²) in [6, 6.07) is 0.634. The van der Waals surface area contributed by atoms with E-state index >= 15 is 0 Å². The fourth-order valence-electron chi connectivity index (χ4n) is 3.01.